The first-order valence-electron chi connectivity index (χ1n) is 7.65. The van der Waals surface area contributed by atoms with Gasteiger partial charge in [-0.25, -0.2) is 0 Å². The van der Waals surface area contributed by atoms with Gasteiger partial charge in [-0.3, -0.25) is 9.69 Å². The van der Waals surface area contributed by atoms with Crippen molar-refractivity contribution in [3.63, 3.8) is 0 Å². The molecule has 1 aliphatic rings. The van der Waals surface area contributed by atoms with Gasteiger partial charge in [0.25, 0.3) is 0 Å². The summed E-state index contributed by atoms with van der Waals surface area (Å²) >= 11 is 1.65. The molecule has 2 aromatic heterocycles. The number of amides is 1. The van der Waals surface area contributed by atoms with Gasteiger partial charge in [0.05, 0.1) is 19.2 Å². The van der Waals surface area contributed by atoms with Crippen LogP contribution in [-0.4, -0.2) is 51.3 Å². The minimum Gasteiger partial charge on any atom is -0.368 e. The Bertz CT molecular complexity index is 642. The van der Waals surface area contributed by atoms with Gasteiger partial charge in [0.1, 0.15) is 12.4 Å². The van der Waals surface area contributed by atoms with Crippen molar-refractivity contribution in [3.05, 3.63) is 34.5 Å². The van der Waals surface area contributed by atoms with E-state index in [0.29, 0.717) is 19.7 Å². The third-order valence-corrected chi connectivity index (χ3v) is 4.95. The van der Waals surface area contributed by atoms with Crippen LogP contribution >= 0.6 is 11.3 Å². The lowest BCUT2D eigenvalue weighted by atomic mass is 10.2. The number of ether oxygens (including phenoxy) is 1. The van der Waals surface area contributed by atoms with E-state index < -0.39 is 0 Å². The Hall–Kier alpha value is -1.77. The van der Waals surface area contributed by atoms with E-state index in [2.05, 4.69) is 20.4 Å². The molecule has 2 aromatic rings. The van der Waals surface area contributed by atoms with Gasteiger partial charge in [-0.1, -0.05) is 6.07 Å². The van der Waals surface area contributed by atoms with E-state index in [1.807, 2.05) is 36.1 Å². The topological polar surface area (TPSA) is 72.3 Å². The van der Waals surface area contributed by atoms with E-state index in [4.69, 9.17) is 4.74 Å². The second kappa shape index (κ2) is 7.20. The molecule has 0 bridgehead atoms. The lowest BCUT2D eigenvalue weighted by molar-refractivity contribution is -0.129. The summed E-state index contributed by atoms with van der Waals surface area (Å²) in [6.45, 7) is 4.48. The lowest BCUT2D eigenvalue weighted by Gasteiger charge is -2.35. The molecule has 0 saturated carbocycles. The number of aromatic nitrogens is 3. The molecule has 3 rings (SSSR count). The van der Waals surface area contributed by atoms with Gasteiger partial charge in [-0.15, -0.1) is 21.5 Å². The Kier molecular flexibility index (Phi) is 5.04. The maximum atomic E-state index is 12.4. The summed E-state index contributed by atoms with van der Waals surface area (Å²) in [6, 6.07) is 3.81. The lowest BCUT2D eigenvalue weighted by Crippen LogP contribution is -2.50. The van der Waals surface area contributed by atoms with Crippen LogP contribution in [0, 0.1) is 0 Å². The monoisotopic (exact) mass is 335 g/mol. The van der Waals surface area contributed by atoms with E-state index in [-0.39, 0.29) is 18.1 Å². The minimum absolute atomic E-state index is 0.0389. The molecular formula is C15H21N5O2S. The number of morpholine rings is 1. The molecule has 1 aliphatic heterocycles. The number of thiophene rings is 1. The number of hydrogen-bond acceptors (Lipinski definition) is 6. The quantitative estimate of drug-likeness (QED) is 0.881. The fraction of sp³-hybridized carbons (Fsp3) is 0.533. The number of nitrogens with zero attached hydrogens (tertiary/aromatic N) is 4. The number of carbonyl (C=O) groups excluding carboxylic acids is 1. The highest BCUT2D eigenvalue weighted by Crippen LogP contribution is 2.21. The molecule has 1 amide bonds. The van der Waals surface area contributed by atoms with Gasteiger partial charge in [0.15, 0.2) is 5.82 Å². The maximum Gasteiger partial charge on any atom is 0.237 e. The molecule has 1 N–H and O–H groups in total. The third kappa shape index (κ3) is 3.77. The van der Waals surface area contributed by atoms with Crippen LogP contribution < -0.4 is 5.32 Å². The number of rotatable bonds is 5. The number of aryl methyl sites for hydroxylation is 1. The average Bonchev–Trinajstić information content (AvgIpc) is 3.23. The molecule has 3 heterocycles. The van der Waals surface area contributed by atoms with Gasteiger partial charge < -0.3 is 14.6 Å². The Labute approximate surface area is 139 Å². The predicted octanol–water partition coefficient (Wildman–Crippen LogP) is 0.955. The summed E-state index contributed by atoms with van der Waals surface area (Å²) in [4.78, 5) is 15.7. The number of hydrogen-bond donors (Lipinski definition) is 1. The van der Waals surface area contributed by atoms with Crippen molar-refractivity contribution in [1.82, 2.24) is 25.0 Å². The fourth-order valence-corrected chi connectivity index (χ4v) is 3.31. The van der Waals surface area contributed by atoms with E-state index >= 15 is 0 Å². The van der Waals surface area contributed by atoms with E-state index in [0.717, 1.165) is 17.2 Å². The van der Waals surface area contributed by atoms with Crippen LogP contribution in [0.5, 0.6) is 0 Å². The van der Waals surface area contributed by atoms with Gasteiger partial charge in [0, 0.05) is 25.0 Å². The highest BCUT2D eigenvalue weighted by Gasteiger charge is 2.30. The second-order valence-electron chi connectivity index (χ2n) is 5.63. The largest absolute Gasteiger partial charge is 0.368 e. The molecule has 0 aromatic carbocycles. The summed E-state index contributed by atoms with van der Waals surface area (Å²) in [7, 11) is 1.90. The zero-order valence-corrected chi connectivity index (χ0v) is 14.1. The Morgan fingerprint density at radius 1 is 1.61 bits per heavy atom. The third-order valence-electron chi connectivity index (χ3n) is 4.08. The van der Waals surface area contributed by atoms with Crippen LogP contribution in [0.15, 0.2) is 23.8 Å². The number of nitrogens with one attached hydrogen (secondary N) is 1. The number of carbonyl (C=O) groups is 1. The van der Waals surface area contributed by atoms with E-state index in [1.165, 1.54) is 0 Å². The normalized spacial score (nSPS) is 20.3. The molecule has 2 atom stereocenters. The van der Waals surface area contributed by atoms with Crippen molar-refractivity contribution >= 4 is 17.2 Å². The second-order valence-corrected chi connectivity index (χ2v) is 6.66. The predicted molar refractivity (Wildman–Crippen MR) is 86.9 cm³/mol. The van der Waals surface area contributed by atoms with Crippen molar-refractivity contribution < 1.29 is 9.53 Å². The molecular weight excluding hydrogens is 314 g/mol. The molecule has 124 valence electrons. The zero-order valence-electron chi connectivity index (χ0n) is 13.3. The molecule has 1 saturated heterocycles. The first-order valence-corrected chi connectivity index (χ1v) is 8.52. The summed E-state index contributed by atoms with van der Waals surface area (Å²) in [5.41, 5.74) is 0. The Balaban J connectivity index is 1.57. The van der Waals surface area contributed by atoms with E-state index in [9.17, 15) is 4.79 Å². The Morgan fingerprint density at radius 2 is 2.48 bits per heavy atom. The van der Waals surface area contributed by atoms with Crippen LogP contribution in [0.1, 0.15) is 23.7 Å². The summed E-state index contributed by atoms with van der Waals surface area (Å²) < 4.78 is 7.64. The van der Waals surface area contributed by atoms with Gasteiger partial charge in [0.2, 0.25) is 5.91 Å². The minimum atomic E-state index is -0.199. The molecule has 8 heteroatoms. The van der Waals surface area contributed by atoms with Crippen LogP contribution in [0.2, 0.25) is 0 Å². The van der Waals surface area contributed by atoms with Gasteiger partial charge in [-0.05, 0) is 18.4 Å². The fourth-order valence-electron chi connectivity index (χ4n) is 2.66. The summed E-state index contributed by atoms with van der Waals surface area (Å²) in [5, 5.41) is 13.0. The van der Waals surface area contributed by atoms with Crippen LogP contribution in [-0.2, 0) is 23.1 Å². The molecule has 0 spiro atoms. The molecule has 1 fully saturated rings. The molecule has 7 nitrogen and oxygen atoms in total. The Morgan fingerprint density at radius 3 is 3.17 bits per heavy atom. The standard InChI is InChI=1S/C15H21N5O2S/c1-11(15(21)16-8-12-4-3-7-23-12)20-5-6-22-13(9-20)14-18-17-10-19(14)2/h3-4,7,10-11,13H,5-6,8-9H2,1-2H3,(H,16,21)/t11-,13-/m0/s1. The first-order chi connectivity index (χ1) is 11.1. The van der Waals surface area contributed by atoms with Crippen molar-refractivity contribution in [2.24, 2.45) is 7.05 Å². The van der Waals surface area contributed by atoms with Crippen LogP contribution in [0.4, 0.5) is 0 Å². The summed E-state index contributed by atoms with van der Waals surface area (Å²) in [6.07, 6.45) is 1.51. The maximum absolute atomic E-state index is 12.4. The summed E-state index contributed by atoms with van der Waals surface area (Å²) in [5.74, 6) is 0.831. The van der Waals surface area contributed by atoms with Crippen LogP contribution in [0.3, 0.4) is 0 Å². The van der Waals surface area contributed by atoms with Crippen LogP contribution in [0.25, 0.3) is 0 Å². The SMILES string of the molecule is C[C@@H](C(=O)NCc1cccs1)N1CCO[C@H](c2nncn2C)C1. The highest BCUT2D eigenvalue weighted by molar-refractivity contribution is 7.09. The van der Waals surface area contributed by atoms with E-state index in [1.54, 1.807) is 17.7 Å². The molecule has 0 aliphatic carbocycles. The zero-order chi connectivity index (χ0) is 16.2. The van der Waals surface area contributed by atoms with Gasteiger partial charge >= 0.3 is 0 Å². The van der Waals surface area contributed by atoms with Crippen molar-refractivity contribution in [2.45, 2.75) is 25.6 Å². The average molecular weight is 335 g/mol. The highest BCUT2D eigenvalue weighted by atomic mass is 32.1. The van der Waals surface area contributed by atoms with Crippen molar-refractivity contribution in [1.29, 1.82) is 0 Å². The smallest absolute Gasteiger partial charge is 0.237 e. The molecule has 0 radical (unpaired) electrons. The molecule has 23 heavy (non-hydrogen) atoms. The van der Waals surface area contributed by atoms with Crippen molar-refractivity contribution in [3.8, 4) is 0 Å². The van der Waals surface area contributed by atoms with Gasteiger partial charge in [-0.2, -0.15) is 0 Å². The van der Waals surface area contributed by atoms with Crippen molar-refractivity contribution in [2.75, 3.05) is 19.7 Å². The molecule has 0 unspecified atom stereocenters. The first kappa shape index (κ1) is 16.1.